The van der Waals surface area contributed by atoms with Gasteiger partial charge in [-0.05, 0) is 35.2 Å². The number of aryl methyl sites for hydroxylation is 1. The number of nitrogens with zero attached hydrogens (tertiary/aromatic N) is 5. The van der Waals surface area contributed by atoms with E-state index in [1.54, 1.807) is 15.6 Å². The maximum Gasteiger partial charge on any atom is 0.255 e. The van der Waals surface area contributed by atoms with E-state index in [2.05, 4.69) is 27.4 Å². The number of fused-ring (bicyclic) bond motifs is 2. The number of anilines is 1. The number of imide groups is 1. The zero-order chi connectivity index (χ0) is 22.7. The Labute approximate surface area is 190 Å². The molecule has 2 aromatic carbocycles. The van der Waals surface area contributed by atoms with Crippen LogP contribution < -0.4 is 10.2 Å². The molecule has 1 unspecified atom stereocenters. The van der Waals surface area contributed by atoms with E-state index in [0.717, 1.165) is 30.2 Å². The number of aromatic nitrogens is 3. The lowest BCUT2D eigenvalue weighted by molar-refractivity contribution is -0.136. The van der Waals surface area contributed by atoms with Gasteiger partial charge in [-0.1, -0.05) is 30.3 Å². The summed E-state index contributed by atoms with van der Waals surface area (Å²) in [7, 11) is 1.89. The molecule has 9 nitrogen and oxygen atoms in total. The fourth-order valence-electron chi connectivity index (χ4n) is 4.96. The van der Waals surface area contributed by atoms with Crippen LogP contribution >= 0.6 is 0 Å². The predicted molar refractivity (Wildman–Crippen MR) is 119 cm³/mol. The van der Waals surface area contributed by atoms with Crippen LogP contribution in [0.2, 0.25) is 0 Å². The Morgan fingerprint density at radius 3 is 2.45 bits per heavy atom. The lowest BCUT2D eigenvalue weighted by atomic mass is 10.0. The Morgan fingerprint density at radius 2 is 1.73 bits per heavy atom. The summed E-state index contributed by atoms with van der Waals surface area (Å²) in [6.07, 6.45) is 0.587. The number of carbonyl (C=O) groups is 3. The van der Waals surface area contributed by atoms with Gasteiger partial charge in [-0.2, -0.15) is 4.98 Å². The first-order valence-corrected chi connectivity index (χ1v) is 11.0. The largest absolute Gasteiger partial charge is 0.332 e. The van der Waals surface area contributed by atoms with Gasteiger partial charge in [0.05, 0.1) is 0 Å². The first-order valence-electron chi connectivity index (χ1n) is 11.0. The summed E-state index contributed by atoms with van der Waals surface area (Å²) < 4.78 is 1.79. The van der Waals surface area contributed by atoms with Crippen molar-refractivity contribution in [1.82, 2.24) is 25.0 Å². The molecule has 0 radical (unpaired) electrons. The molecule has 0 bridgehead atoms. The number of rotatable bonds is 3. The molecule has 3 aliphatic heterocycles. The Kier molecular flexibility index (Phi) is 4.33. The minimum absolute atomic E-state index is 0.185. The van der Waals surface area contributed by atoms with Crippen molar-refractivity contribution in [2.45, 2.75) is 38.5 Å². The molecule has 1 aromatic heterocycles. The van der Waals surface area contributed by atoms with Crippen LogP contribution in [0.1, 0.15) is 39.9 Å². The van der Waals surface area contributed by atoms with Crippen molar-refractivity contribution in [1.29, 1.82) is 0 Å². The Bertz CT molecular complexity index is 1300. The lowest BCUT2D eigenvalue weighted by Crippen LogP contribution is -2.52. The van der Waals surface area contributed by atoms with E-state index in [-0.39, 0.29) is 18.2 Å². The van der Waals surface area contributed by atoms with E-state index < -0.39 is 11.9 Å². The van der Waals surface area contributed by atoms with E-state index in [4.69, 9.17) is 4.98 Å². The van der Waals surface area contributed by atoms with Gasteiger partial charge >= 0.3 is 0 Å². The second-order valence-electron chi connectivity index (χ2n) is 8.76. The summed E-state index contributed by atoms with van der Waals surface area (Å²) in [6, 6.07) is 13.3. The summed E-state index contributed by atoms with van der Waals surface area (Å²) in [5.74, 6) is 0.507. The number of hydrogen-bond donors (Lipinski definition) is 1. The Balaban J connectivity index is 1.25. The van der Waals surface area contributed by atoms with Gasteiger partial charge in [0.2, 0.25) is 17.8 Å². The molecule has 9 heteroatoms. The van der Waals surface area contributed by atoms with Gasteiger partial charge in [-0.15, -0.1) is 5.10 Å². The highest BCUT2D eigenvalue weighted by molar-refractivity contribution is 6.05. The number of hydrogen-bond acceptors (Lipinski definition) is 6. The Hall–Kier alpha value is -4.01. The van der Waals surface area contributed by atoms with Crippen molar-refractivity contribution >= 4 is 23.7 Å². The third kappa shape index (κ3) is 3.19. The van der Waals surface area contributed by atoms with E-state index in [1.807, 2.05) is 31.3 Å². The third-order valence-electron chi connectivity index (χ3n) is 6.65. The van der Waals surface area contributed by atoms with E-state index in [1.165, 1.54) is 11.1 Å². The zero-order valence-corrected chi connectivity index (χ0v) is 18.1. The van der Waals surface area contributed by atoms with Crippen molar-refractivity contribution < 1.29 is 14.4 Å². The molecule has 3 amide bonds. The topological polar surface area (TPSA) is 100 Å². The SMILES string of the molecule is Cn1nc(-c2ccc3c(c2)CN(C2CCC(=O)NC2=O)C3=O)nc1N1Cc2ccccc2C1. The van der Waals surface area contributed by atoms with Crippen LogP contribution in [0.15, 0.2) is 42.5 Å². The van der Waals surface area contributed by atoms with Gasteiger partial charge in [0.15, 0.2) is 5.82 Å². The fourth-order valence-corrected chi connectivity index (χ4v) is 4.96. The quantitative estimate of drug-likeness (QED) is 0.621. The summed E-state index contributed by atoms with van der Waals surface area (Å²) in [6.45, 7) is 1.92. The first kappa shape index (κ1) is 19.7. The molecular formula is C24H22N6O3. The van der Waals surface area contributed by atoms with Gasteiger partial charge in [-0.25, -0.2) is 4.68 Å². The number of benzene rings is 2. The van der Waals surface area contributed by atoms with Crippen molar-refractivity contribution in [3.63, 3.8) is 0 Å². The average molecular weight is 442 g/mol. The molecule has 3 aromatic rings. The summed E-state index contributed by atoms with van der Waals surface area (Å²) in [5.41, 5.74) is 4.84. The summed E-state index contributed by atoms with van der Waals surface area (Å²) in [4.78, 5) is 45.2. The van der Waals surface area contributed by atoms with Crippen molar-refractivity contribution in [3.8, 4) is 11.4 Å². The number of amides is 3. The van der Waals surface area contributed by atoms with E-state index in [9.17, 15) is 14.4 Å². The molecule has 33 heavy (non-hydrogen) atoms. The number of nitrogens with one attached hydrogen (secondary N) is 1. The number of carbonyl (C=O) groups excluding carboxylic acids is 3. The molecule has 0 aliphatic carbocycles. The van der Waals surface area contributed by atoms with Crippen LogP contribution in [-0.2, 0) is 36.3 Å². The average Bonchev–Trinajstić information content (AvgIpc) is 3.48. The first-order chi connectivity index (χ1) is 16.0. The monoisotopic (exact) mass is 442 g/mol. The molecule has 166 valence electrons. The van der Waals surface area contributed by atoms with Gasteiger partial charge in [0, 0.05) is 44.2 Å². The molecule has 1 fully saturated rings. The zero-order valence-electron chi connectivity index (χ0n) is 18.1. The van der Waals surface area contributed by atoms with Crippen LogP contribution in [-0.4, -0.2) is 43.4 Å². The summed E-state index contributed by atoms with van der Waals surface area (Å²) >= 11 is 0. The van der Waals surface area contributed by atoms with Crippen molar-refractivity contribution in [2.75, 3.05) is 4.90 Å². The fraction of sp³-hybridized carbons (Fsp3) is 0.292. The molecule has 0 saturated carbocycles. The van der Waals surface area contributed by atoms with Gasteiger partial charge in [0.1, 0.15) is 6.04 Å². The minimum Gasteiger partial charge on any atom is -0.332 e. The van der Waals surface area contributed by atoms with Crippen molar-refractivity contribution in [2.24, 2.45) is 7.05 Å². The molecule has 4 heterocycles. The smallest absolute Gasteiger partial charge is 0.255 e. The molecule has 1 saturated heterocycles. The maximum atomic E-state index is 12.9. The second-order valence-corrected chi connectivity index (χ2v) is 8.76. The highest BCUT2D eigenvalue weighted by Crippen LogP contribution is 2.32. The van der Waals surface area contributed by atoms with Gasteiger partial charge < -0.3 is 9.80 Å². The molecular weight excluding hydrogens is 420 g/mol. The van der Waals surface area contributed by atoms with Crippen LogP contribution in [0.5, 0.6) is 0 Å². The second kappa shape index (κ2) is 7.26. The van der Waals surface area contributed by atoms with Crippen LogP contribution in [0.4, 0.5) is 5.95 Å². The lowest BCUT2D eigenvalue weighted by Gasteiger charge is -2.29. The summed E-state index contributed by atoms with van der Waals surface area (Å²) in [5, 5.41) is 6.96. The predicted octanol–water partition coefficient (Wildman–Crippen LogP) is 1.76. The minimum atomic E-state index is -0.623. The van der Waals surface area contributed by atoms with Gasteiger partial charge in [0.25, 0.3) is 5.91 Å². The van der Waals surface area contributed by atoms with E-state index in [0.29, 0.717) is 24.4 Å². The molecule has 0 spiro atoms. The standard InChI is InChI=1S/C24H22N6O3/c1-28-24(29-11-15-4-2-3-5-16(15)12-29)26-21(27-28)14-6-7-18-17(10-14)13-30(23(18)33)19-8-9-20(31)25-22(19)32/h2-7,10,19H,8-9,11-13H2,1H3,(H,25,31,32). The maximum absolute atomic E-state index is 12.9. The molecule has 3 aliphatic rings. The van der Waals surface area contributed by atoms with Crippen LogP contribution in [0.25, 0.3) is 11.4 Å². The highest BCUT2D eigenvalue weighted by Gasteiger charge is 2.39. The van der Waals surface area contributed by atoms with E-state index >= 15 is 0 Å². The highest BCUT2D eigenvalue weighted by atomic mass is 16.2. The molecule has 1 atom stereocenters. The Morgan fingerprint density at radius 1 is 0.970 bits per heavy atom. The van der Waals surface area contributed by atoms with Gasteiger partial charge in [-0.3, -0.25) is 19.7 Å². The molecule has 6 rings (SSSR count). The number of piperidine rings is 1. The van der Waals surface area contributed by atoms with Crippen molar-refractivity contribution in [3.05, 3.63) is 64.7 Å². The third-order valence-corrected chi connectivity index (χ3v) is 6.65. The molecule has 1 N–H and O–H groups in total. The van der Waals surface area contributed by atoms with Crippen LogP contribution in [0.3, 0.4) is 0 Å². The normalized spacial score (nSPS) is 19.7. The van der Waals surface area contributed by atoms with Crippen LogP contribution in [0, 0.1) is 0 Å².